The molecule has 0 bridgehead atoms. The van der Waals surface area contributed by atoms with Gasteiger partial charge in [-0.15, -0.1) is 0 Å². The Morgan fingerprint density at radius 1 is 1.64 bits per heavy atom. The molecule has 4 nitrogen and oxygen atoms in total. The van der Waals surface area contributed by atoms with Gasteiger partial charge in [0.15, 0.2) is 0 Å². The summed E-state index contributed by atoms with van der Waals surface area (Å²) in [6, 6.07) is 0. The fourth-order valence-corrected chi connectivity index (χ4v) is 1.11. The van der Waals surface area contributed by atoms with Gasteiger partial charge in [-0.2, -0.15) is 0 Å². The molecule has 0 atom stereocenters. The van der Waals surface area contributed by atoms with Crippen LogP contribution < -0.4 is 10.6 Å². The van der Waals surface area contributed by atoms with Crippen LogP contribution in [0.2, 0.25) is 0 Å². The predicted molar refractivity (Wildman–Crippen MR) is 57.6 cm³/mol. The average molecular weight is 194 g/mol. The topological polar surface area (TPSA) is 52.7 Å². The molecule has 3 N–H and O–H groups in total. The second-order valence-corrected chi connectivity index (χ2v) is 3.87. The molecule has 0 aliphatic heterocycles. The molecule has 0 aliphatic carbocycles. The first-order valence-electron chi connectivity index (χ1n) is 4.66. The van der Waals surface area contributed by atoms with Gasteiger partial charge in [-0.05, 0) is 20.8 Å². The summed E-state index contributed by atoms with van der Waals surface area (Å²) < 4.78 is 0. The molecule has 0 aliphatic rings. The van der Waals surface area contributed by atoms with E-state index in [1.165, 1.54) is 0 Å². The van der Waals surface area contributed by atoms with Gasteiger partial charge in [-0.3, -0.25) is 5.32 Å². The van der Waals surface area contributed by atoms with E-state index in [2.05, 4.69) is 41.0 Å². The van der Waals surface area contributed by atoms with E-state index < -0.39 is 0 Å². The van der Waals surface area contributed by atoms with Crippen LogP contribution in [0.15, 0.2) is 24.7 Å². The third-order valence-electron chi connectivity index (χ3n) is 2.01. The van der Waals surface area contributed by atoms with Crippen molar-refractivity contribution in [1.29, 1.82) is 0 Å². The lowest BCUT2D eigenvalue weighted by atomic mass is 10.1. The standard InChI is InChI=1S/C10H18N4/c1-8(2)13-7-14-10(3,4)9-11-5-6-12-9/h5-6,13-14H,1,7H2,2-4H3,(H,11,12). The molecule has 1 rings (SSSR count). The maximum Gasteiger partial charge on any atom is 0.125 e. The van der Waals surface area contributed by atoms with Crippen LogP contribution in [-0.2, 0) is 5.54 Å². The van der Waals surface area contributed by atoms with Crippen molar-refractivity contribution in [3.8, 4) is 0 Å². The normalized spacial score (nSPS) is 11.4. The Morgan fingerprint density at radius 2 is 2.36 bits per heavy atom. The number of imidazole rings is 1. The van der Waals surface area contributed by atoms with Crippen molar-refractivity contribution in [2.75, 3.05) is 6.67 Å². The molecular formula is C10H18N4. The van der Waals surface area contributed by atoms with E-state index in [9.17, 15) is 0 Å². The molecule has 4 heteroatoms. The molecule has 0 amide bonds. The van der Waals surface area contributed by atoms with Gasteiger partial charge in [0.2, 0.25) is 0 Å². The number of rotatable bonds is 5. The predicted octanol–water partition coefficient (Wildman–Crippen LogP) is 1.32. The van der Waals surface area contributed by atoms with Gasteiger partial charge < -0.3 is 10.3 Å². The Balaban J connectivity index is 2.46. The molecule has 0 saturated carbocycles. The number of allylic oxidation sites excluding steroid dienone is 1. The highest BCUT2D eigenvalue weighted by Gasteiger charge is 2.21. The minimum Gasteiger partial charge on any atom is -0.376 e. The average Bonchev–Trinajstić information content (AvgIpc) is 2.54. The quantitative estimate of drug-likeness (QED) is 0.620. The summed E-state index contributed by atoms with van der Waals surface area (Å²) in [6.45, 7) is 10.5. The van der Waals surface area contributed by atoms with Crippen LogP contribution in [0.3, 0.4) is 0 Å². The van der Waals surface area contributed by atoms with Gasteiger partial charge in [-0.25, -0.2) is 4.98 Å². The number of aromatic nitrogens is 2. The summed E-state index contributed by atoms with van der Waals surface area (Å²) in [7, 11) is 0. The van der Waals surface area contributed by atoms with Gasteiger partial charge in [0.05, 0.1) is 12.2 Å². The molecule has 0 unspecified atom stereocenters. The van der Waals surface area contributed by atoms with Crippen molar-refractivity contribution in [2.45, 2.75) is 26.3 Å². The summed E-state index contributed by atoms with van der Waals surface area (Å²) >= 11 is 0. The van der Waals surface area contributed by atoms with Crippen LogP contribution in [0.1, 0.15) is 26.6 Å². The summed E-state index contributed by atoms with van der Waals surface area (Å²) in [4.78, 5) is 7.31. The zero-order valence-electron chi connectivity index (χ0n) is 9.02. The molecular weight excluding hydrogens is 176 g/mol. The first kappa shape index (κ1) is 10.8. The Hall–Kier alpha value is -1.29. The lowest BCUT2D eigenvalue weighted by Gasteiger charge is -2.24. The van der Waals surface area contributed by atoms with Gasteiger partial charge >= 0.3 is 0 Å². The highest BCUT2D eigenvalue weighted by Crippen LogP contribution is 2.13. The molecule has 14 heavy (non-hydrogen) atoms. The number of H-pyrrole nitrogens is 1. The van der Waals surface area contributed by atoms with Gasteiger partial charge in [0.1, 0.15) is 5.82 Å². The molecule has 0 spiro atoms. The van der Waals surface area contributed by atoms with Gasteiger partial charge in [0.25, 0.3) is 0 Å². The van der Waals surface area contributed by atoms with E-state index >= 15 is 0 Å². The van der Waals surface area contributed by atoms with Crippen LogP contribution in [-0.4, -0.2) is 16.6 Å². The molecule has 0 saturated heterocycles. The van der Waals surface area contributed by atoms with Crippen LogP contribution in [0.4, 0.5) is 0 Å². The molecule has 1 heterocycles. The largest absolute Gasteiger partial charge is 0.376 e. The van der Waals surface area contributed by atoms with E-state index in [0.29, 0.717) is 6.67 Å². The van der Waals surface area contributed by atoms with Gasteiger partial charge in [0, 0.05) is 18.1 Å². The number of hydrogen-bond acceptors (Lipinski definition) is 3. The van der Waals surface area contributed by atoms with Crippen molar-refractivity contribution in [3.63, 3.8) is 0 Å². The number of aromatic amines is 1. The molecule has 1 aromatic rings. The third-order valence-corrected chi connectivity index (χ3v) is 2.01. The van der Waals surface area contributed by atoms with Crippen molar-refractivity contribution < 1.29 is 0 Å². The van der Waals surface area contributed by atoms with Gasteiger partial charge in [-0.1, -0.05) is 6.58 Å². The zero-order chi connectivity index (χ0) is 10.6. The van der Waals surface area contributed by atoms with E-state index in [1.807, 2.05) is 13.1 Å². The number of nitrogens with zero attached hydrogens (tertiary/aromatic N) is 1. The highest BCUT2D eigenvalue weighted by molar-refractivity contribution is 5.02. The molecule has 0 radical (unpaired) electrons. The highest BCUT2D eigenvalue weighted by atomic mass is 15.1. The maximum atomic E-state index is 4.22. The minimum atomic E-state index is -0.161. The van der Waals surface area contributed by atoms with E-state index in [-0.39, 0.29) is 5.54 Å². The van der Waals surface area contributed by atoms with Crippen LogP contribution in [0.5, 0.6) is 0 Å². The maximum absolute atomic E-state index is 4.22. The van der Waals surface area contributed by atoms with Crippen LogP contribution in [0.25, 0.3) is 0 Å². The summed E-state index contributed by atoms with van der Waals surface area (Å²) in [5, 5.41) is 6.44. The van der Waals surface area contributed by atoms with Crippen molar-refractivity contribution in [1.82, 2.24) is 20.6 Å². The Labute approximate surface area is 84.8 Å². The SMILES string of the molecule is C=C(C)NCNC(C)(C)c1ncc[nH]1. The van der Waals surface area contributed by atoms with Crippen molar-refractivity contribution in [3.05, 3.63) is 30.5 Å². The summed E-state index contributed by atoms with van der Waals surface area (Å²) in [5.41, 5.74) is 0.791. The smallest absolute Gasteiger partial charge is 0.125 e. The lowest BCUT2D eigenvalue weighted by molar-refractivity contribution is 0.375. The molecule has 0 aromatic carbocycles. The molecule has 78 valence electrons. The Kier molecular flexibility index (Phi) is 3.30. The summed E-state index contributed by atoms with van der Waals surface area (Å²) in [6.07, 6.45) is 3.58. The minimum absolute atomic E-state index is 0.161. The number of hydrogen-bond donors (Lipinski definition) is 3. The zero-order valence-corrected chi connectivity index (χ0v) is 9.02. The van der Waals surface area contributed by atoms with Crippen LogP contribution >= 0.6 is 0 Å². The third kappa shape index (κ3) is 2.88. The van der Waals surface area contributed by atoms with E-state index in [1.54, 1.807) is 6.20 Å². The van der Waals surface area contributed by atoms with E-state index in [0.717, 1.165) is 11.5 Å². The lowest BCUT2D eigenvalue weighted by Crippen LogP contribution is -2.42. The fourth-order valence-electron chi connectivity index (χ4n) is 1.11. The Bertz CT molecular complexity index is 287. The van der Waals surface area contributed by atoms with E-state index in [4.69, 9.17) is 0 Å². The fraction of sp³-hybridized carbons (Fsp3) is 0.500. The summed E-state index contributed by atoms with van der Waals surface area (Å²) in [5.74, 6) is 0.931. The Morgan fingerprint density at radius 3 is 2.86 bits per heavy atom. The van der Waals surface area contributed by atoms with Crippen molar-refractivity contribution in [2.24, 2.45) is 0 Å². The molecule has 1 aromatic heterocycles. The number of nitrogens with one attached hydrogen (secondary N) is 3. The first-order valence-corrected chi connectivity index (χ1v) is 4.66. The monoisotopic (exact) mass is 194 g/mol. The van der Waals surface area contributed by atoms with Crippen molar-refractivity contribution >= 4 is 0 Å². The van der Waals surface area contributed by atoms with Crippen LogP contribution in [0, 0.1) is 0 Å². The first-order chi connectivity index (χ1) is 6.52. The molecule has 0 fully saturated rings. The second-order valence-electron chi connectivity index (χ2n) is 3.87. The second kappa shape index (κ2) is 4.28.